The molecular formula is C28H24Cl2N2O4S. The van der Waals surface area contributed by atoms with Crippen molar-refractivity contribution in [3.63, 3.8) is 0 Å². The van der Waals surface area contributed by atoms with Crippen LogP contribution in [-0.2, 0) is 27.8 Å². The van der Waals surface area contributed by atoms with E-state index in [2.05, 4.69) is 10.0 Å². The van der Waals surface area contributed by atoms with Crippen molar-refractivity contribution in [1.29, 1.82) is 0 Å². The molecular weight excluding hydrogens is 531 g/mol. The normalized spacial score (nSPS) is 12.1. The van der Waals surface area contributed by atoms with Gasteiger partial charge in [0.15, 0.2) is 0 Å². The van der Waals surface area contributed by atoms with E-state index in [0.717, 1.165) is 11.1 Å². The summed E-state index contributed by atoms with van der Waals surface area (Å²) in [5, 5.41) is 3.00. The van der Waals surface area contributed by atoms with Gasteiger partial charge in [-0.3, -0.25) is 4.79 Å². The Hall–Kier alpha value is -3.36. The van der Waals surface area contributed by atoms with Crippen LogP contribution in [0.2, 0.25) is 10.0 Å². The van der Waals surface area contributed by atoms with Crippen molar-refractivity contribution in [3.05, 3.63) is 124 Å². The van der Waals surface area contributed by atoms with E-state index in [9.17, 15) is 13.2 Å². The molecule has 0 saturated heterocycles. The highest BCUT2D eigenvalue weighted by Gasteiger charge is 2.28. The topological polar surface area (TPSA) is 84.5 Å². The first-order valence-corrected chi connectivity index (χ1v) is 13.6. The highest BCUT2D eigenvalue weighted by atomic mass is 35.5. The van der Waals surface area contributed by atoms with E-state index in [1.165, 1.54) is 18.2 Å². The molecule has 4 rings (SSSR count). The number of carbonyl (C=O) groups excluding carboxylic acids is 1. The summed E-state index contributed by atoms with van der Waals surface area (Å²) in [6.45, 7) is 0.416. The standard InChI is InChI=1S/C28H24Cl2N2O4S/c29-22-11-16-25(30)27(18-22)37(34,35)32-26(17-20-7-3-1-4-8-20)28(33)31-23-12-14-24(15-13-23)36-19-21-9-5-2-6-10-21/h1-16,18,26,32H,17,19H2,(H,31,33)/t26-/m1/s1. The van der Waals surface area contributed by atoms with Crippen LogP contribution in [0.25, 0.3) is 0 Å². The molecule has 0 saturated carbocycles. The second kappa shape index (κ2) is 12.3. The van der Waals surface area contributed by atoms with E-state index in [1.54, 1.807) is 24.3 Å². The van der Waals surface area contributed by atoms with Crippen LogP contribution < -0.4 is 14.8 Å². The van der Waals surface area contributed by atoms with E-state index >= 15 is 0 Å². The Morgan fingerprint density at radius 2 is 1.43 bits per heavy atom. The number of nitrogens with one attached hydrogen (secondary N) is 2. The number of benzene rings is 4. The fourth-order valence-electron chi connectivity index (χ4n) is 3.58. The van der Waals surface area contributed by atoms with Gasteiger partial charge in [0, 0.05) is 10.7 Å². The highest BCUT2D eigenvalue weighted by Crippen LogP contribution is 2.25. The molecule has 0 aromatic heterocycles. The predicted octanol–water partition coefficient (Wildman–Crippen LogP) is 6.10. The number of hydrogen-bond acceptors (Lipinski definition) is 4. The largest absolute Gasteiger partial charge is 0.489 e. The molecule has 0 bridgehead atoms. The summed E-state index contributed by atoms with van der Waals surface area (Å²) in [5.74, 6) is 0.113. The van der Waals surface area contributed by atoms with Crippen molar-refractivity contribution in [2.24, 2.45) is 0 Å². The van der Waals surface area contributed by atoms with Gasteiger partial charge >= 0.3 is 0 Å². The molecule has 1 amide bonds. The maximum absolute atomic E-state index is 13.2. The fraction of sp³-hybridized carbons (Fsp3) is 0.107. The van der Waals surface area contributed by atoms with Crippen LogP contribution in [0.15, 0.2) is 108 Å². The van der Waals surface area contributed by atoms with Gasteiger partial charge < -0.3 is 10.1 Å². The van der Waals surface area contributed by atoms with Crippen LogP contribution in [-0.4, -0.2) is 20.4 Å². The zero-order valence-corrected chi connectivity index (χ0v) is 21.9. The fourth-order valence-corrected chi connectivity index (χ4v) is 5.53. The van der Waals surface area contributed by atoms with Gasteiger partial charge in [-0.15, -0.1) is 0 Å². The first-order valence-electron chi connectivity index (χ1n) is 11.4. The first kappa shape index (κ1) is 26.7. The summed E-state index contributed by atoms with van der Waals surface area (Å²) in [6.07, 6.45) is 0.127. The van der Waals surface area contributed by atoms with Crippen molar-refractivity contribution >= 4 is 44.8 Å². The van der Waals surface area contributed by atoms with Crippen molar-refractivity contribution in [2.75, 3.05) is 5.32 Å². The van der Waals surface area contributed by atoms with Crippen molar-refractivity contribution in [2.45, 2.75) is 24.0 Å². The first-order chi connectivity index (χ1) is 17.8. The Bertz CT molecular complexity index is 1450. The quantitative estimate of drug-likeness (QED) is 0.248. The number of halogens is 2. The van der Waals surface area contributed by atoms with Crippen LogP contribution in [0.4, 0.5) is 5.69 Å². The maximum Gasteiger partial charge on any atom is 0.242 e. The summed E-state index contributed by atoms with van der Waals surface area (Å²) in [6, 6.07) is 28.8. The molecule has 6 nitrogen and oxygen atoms in total. The molecule has 4 aromatic rings. The summed E-state index contributed by atoms with van der Waals surface area (Å²) < 4.78 is 34.6. The van der Waals surface area contributed by atoms with E-state index in [1.807, 2.05) is 60.7 Å². The molecule has 0 heterocycles. The summed E-state index contributed by atoms with van der Waals surface area (Å²) in [7, 11) is -4.16. The lowest BCUT2D eigenvalue weighted by molar-refractivity contribution is -0.117. The molecule has 4 aromatic carbocycles. The molecule has 0 aliphatic rings. The second-order valence-electron chi connectivity index (χ2n) is 8.23. The zero-order chi connectivity index (χ0) is 26.3. The maximum atomic E-state index is 13.2. The van der Waals surface area contributed by atoms with Crippen LogP contribution in [0.5, 0.6) is 5.75 Å². The number of sulfonamides is 1. The Kier molecular flexibility index (Phi) is 8.84. The minimum atomic E-state index is -4.16. The molecule has 0 unspecified atom stereocenters. The lowest BCUT2D eigenvalue weighted by atomic mass is 10.1. The number of carbonyl (C=O) groups is 1. The summed E-state index contributed by atoms with van der Waals surface area (Å²) in [4.78, 5) is 13.0. The minimum Gasteiger partial charge on any atom is -0.489 e. The van der Waals surface area contributed by atoms with Crippen LogP contribution in [0, 0.1) is 0 Å². The van der Waals surface area contributed by atoms with Gasteiger partial charge in [-0.05, 0) is 60.0 Å². The Morgan fingerprint density at radius 3 is 2.08 bits per heavy atom. The van der Waals surface area contributed by atoms with Gasteiger partial charge in [-0.2, -0.15) is 4.72 Å². The highest BCUT2D eigenvalue weighted by molar-refractivity contribution is 7.89. The molecule has 0 spiro atoms. The average Bonchev–Trinajstić information content (AvgIpc) is 2.90. The smallest absolute Gasteiger partial charge is 0.242 e. The van der Waals surface area contributed by atoms with Gasteiger partial charge in [0.05, 0.1) is 5.02 Å². The molecule has 2 N–H and O–H groups in total. The van der Waals surface area contributed by atoms with Crippen LogP contribution >= 0.6 is 23.2 Å². The molecule has 37 heavy (non-hydrogen) atoms. The summed E-state index contributed by atoms with van der Waals surface area (Å²) >= 11 is 12.1. The Morgan fingerprint density at radius 1 is 0.811 bits per heavy atom. The van der Waals surface area contributed by atoms with Gasteiger partial charge in [-0.1, -0.05) is 83.9 Å². The van der Waals surface area contributed by atoms with E-state index in [0.29, 0.717) is 18.0 Å². The Balaban J connectivity index is 1.49. The molecule has 9 heteroatoms. The SMILES string of the molecule is O=C(Nc1ccc(OCc2ccccc2)cc1)[C@@H](Cc1ccccc1)NS(=O)(=O)c1cc(Cl)ccc1Cl. The zero-order valence-electron chi connectivity index (χ0n) is 19.6. The van der Waals surface area contributed by atoms with Crippen LogP contribution in [0.3, 0.4) is 0 Å². The minimum absolute atomic E-state index is 0.00172. The van der Waals surface area contributed by atoms with Gasteiger partial charge in [0.2, 0.25) is 15.9 Å². The van der Waals surface area contributed by atoms with Crippen LogP contribution in [0.1, 0.15) is 11.1 Å². The number of amides is 1. The molecule has 0 aliphatic heterocycles. The number of hydrogen-bond donors (Lipinski definition) is 2. The molecule has 0 aliphatic carbocycles. The van der Waals surface area contributed by atoms with Crippen molar-refractivity contribution in [3.8, 4) is 5.75 Å². The van der Waals surface area contributed by atoms with E-state index < -0.39 is 22.0 Å². The number of rotatable bonds is 10. The van der Waals surface area contributed by atoms with Crippen molar-refractivity contribution < 1.29 is 17.9 Å². The third-order valence-electron chi connectivity index (χ3n) is 5.45. The van der Waals surface area contributed by atoms with E-state index in [4.69, 9.17) is 27.9 Å². The average molecular weight is 555 g/mol. The monoisotopic (exact) mass is 554 g/mol. The van der Waals surface area contributed by atoms with Crippen molar-refractivity contribution in [1.82, 2.24) is 4.72 Å². The summed E-state index contributed by atoms with van der Waals surface area (Å²) in [5.41, 5.74) is 2.32. The van der Waals surface area contributed by atoms with Gasteiger partial charge in [0.25, 0.3) is 0 Å². The van der Waals surface area contributed by atoms with E-state index in [-0.39, 0.29) is 21.4 Å². The third kappa shape index (κ3) is 7.57. The molecule has 1 atom stereocenters. The van der Waals surface area contributed by atoms with Gasteiger partial charge in [-0.25, -0.2) is 8.42 Å². The van der Waals surface area contributed by atoms with Gasteiger partial charge in [0.1, 0.15) is 23.3 Å². The number of anilines is 1. The third-order valence-corrected chi connectivity index (χ3v) is 7.64. The molecule has 0 fully saturated rings. The second-order valence-corrected chi connectivity index (χ2v) is 10.8. The predicted molar refractivity (Wildman–Crippen MR) is 147 cm³/mol. The lowest BCUT2D eigenvalue weighted by Crippen LogP contribution is -2.45. The molecule has 0 radical (unpaired) electrons. The molecule has 190 valence electrons. The lowest BCUT2D eigenvalue weighted by Gasteiger charge is -2.19. The number of ether oxygens (including phenoxy) is 1. The Labute approximate surface area is 226 Å².